The van der Waals surface area contributed by atoms with Crippen LogP contribution < -0.4 is 0 Å². The van der Waals surface area contributed by atoms with Gasteiger partial charge in [0.25, 0.3) is 0 Å². The first kappa shape index (κ1) is 11.8. The highest BCUT2D eigenvalue weighted by molar-refractivity contribution is 6.30. The SMILES string of the molecule is CC(=O)OC/C(C)=C/c1ccc(Cl)cc1. The van der Waals surface area contributed by atoms with Gasteiger partial charge in [0.1, 0.15) is 6.61 Å². The van der Waals surface area contributed by atoms with E-state index in [1.165, 1.54) is 6.92 Å². The molecule has 0 amide bonds. The second-order valence-electron chi connectivity index (χ2n) is 3.32. The summed E-state index contributed by atoms with van der Waals surface area (Å²) in [6, 6.07) is 7.48. The van der Waals surface area contributed by atoms with Crippen LogP contribution in [-0.2, 0) is 9.53 Å². The largest absolute Gasteiger partial charge is 0.461 e. The van der Waals surface area contributed by atoms with E-state index in [0.717, 1.165) is 11.1 Å². The lowest BCUT2D eigenvalue weighted by atomic mass is 10.1. The minimum atomic E-state index is -0.265. The zero-order valence-corrected chi connectivity index (χ0v) is 9.54. The molecular formula is C12H13ClO2. The van der Waals surface area contributed by atoms with Crippen molar-refractivity contribution in [3.05, 3.63) is 40.4 Å². The molecule has 2 nitrogen and oxygen atoms in total. The van der Waals surface area contributed by atoms with Crippen molar-refractivity contribution in [1.82, 2.24) is 0 Å². The smallest absolute Gasteiger partial charge is 0.302 e. The number of carbonyl (C=O) groups is 1. The van der Waals surface area contributed by atoms with Gasteiger partial charge in [0.15, 0.2) is 0 Å². The summed E-state index contributed by atoms with van der Waals surface area (Å²) in [7, 11) is 0. The first-order valence-corrected chi connectivity index (χ1v) is 5.02. The Balaban J connectivity index is 2.62. The molecule has 0 bridgehead atoms. The normalized spacial score (nSPS) is 11.3. The van der Waals surface area contributed by atoms with Crippen LogP contribution >= 0.6 is 11.6 Å². The second kappa shape index (κ2) is 5.56. The molecule has 0 radical (unpaired) electrons. The zero-order valence-electron chi connectivity index (χ0n) is 8.79. The molecule has 15 heavy (non-hydrogen) atoms. The molecule has 0 unspecified atom stereocenters. The third-order valence-electron chi connectivity index (χ3n) is 1.79. The Bertz CT molecular complexity index is 366. The van der Waals surface area contributed by atoms with E-state index < -0.39 is 0 Å². The molecular weight excluding hydrogens is 212 g/mol. The van der Waals surface area contributed by atoms with Crippen LogP contribution in [0.5, 0.6) is 0 Å². The maximum Gasteiger partial charge on any atom is 0.302 e. The van der Waals surface area contributed by atoms with Crippen LogP contribution in [0.15, 0.2) is 29.8 Å². The van der Waals surface area contributed by atoms with Crippen molar-refractivity contribution in [2.75, 3.05) is 6.61 Å². The minimum absolute atomic E-state index is 0.265. The third-order valence-corrected chi connectivity index (χ3v) is 2.04. The Kier molecular flexibility index (Phi) is 4.37. The molecule has 0 heterocycles. The van der Waals surface area contributed by atoms with Crippen molar-refractivity contribution in [2.45, 2.75) is 13.8 Å². The van der Waals surface area contributed by atoms with Crippen molar-refractivity contribution >= 4 is 23.6 Å². The molecule has 0 spiro atoms. The standard InChI is InChI=1S/C12H13ClO2/c1-9(8-15-10(2)14)7-11-3-5-12(13)6-4-11/h3-7H,8H2,1-2H3/b9-7+. The van der Waals surface area contributed by atoms with Gasteiger partial charge in [-0.1, -0.05) is 29.8 Å². The molecule has 1 aromatic carbocycles. The predicted molar refractivity (Wildman–Crippen MR) is 61.7 cm³/mol. The van der Waals surface area contributed by atoms with Crippen molar-refractivity contribution in [3.63, 3.8) is 0 Å². The van der Waals surface area contributed by atoms with Crippen LogP contribution in [0.4, 0.5) is 0 Å². The van der Waals surface area contributed by atoms with Gasteiger partial charge in [-0.05, 0) is 30.2 Å². The number of benzene rings is 1. The lowest BCUT2D eigenvalue weighted by Crippen LogP contribution is -2.01. The average Bonchev–Trinajstić information content (AvgIpc) is 2.19. The fourth-order valence-corrected chi connectivity index (χ4v) is 1.23. The number of rotatable bonds is 3. The molecule has 0 aliphatic heterocycles. The van der Waals surface area contributed by atoms with Crippen LogP contribution in [0.2, 0.25) is 5.02 Å². The molecule has 3 heteroatoms. The Morgan fingerprint density at radius 3 is 2.47 bits per heavy atom. The summed E-state index contributed by atoms with van der Waals surface area (Å²) in [6.07, 6.45) is 1.96. The molecule has 0 aromatic heterocycles. The van der Waals surface area contributed by atoms with Crippen molar-refractivity contribution in [1.29, 1.82) is 0 Å². The van der Waals surface area contributed by atoms with E-state index in [9.17, 15) is 4.79 Å². The van der Waals surface area contributed by atoms with Gasteiger partial charge < -0.3 is 4.74 Å². The minimum Gasteiger partial charge on any atom is -0.461 e. The maximum atomic E-state index is 10.6. The van der Waals surface area contributed by atoms with Crippen molar-refractivity contribution in [2.24, 2.45) is 0 Å². The molecule has 1 aromatic rings. The monoisotopic (exact) mass is 224 g/mol. The predicted octanol–water partition coefficient (Wildman–Crippen LogP) is 3.31. The van der Waals surface area contributed by atoms with E-state index in [4.69, 9.17) is 16.3 Å². The maximum absolute atomic E-state index is 10.6. The Morgan fingerprint density at radius 2 is 1.93 bits per heavy atom. The molecule has 0 aliphatic rings. The van der Waals surface area contributed by atoms with Crippen LogP contribution in [0, 0.1) is 0 Å². The van der Waals surface area contributed by atoms with Crippen LogP contribution in [0.3, 0.4) is 0 Å². The fraction of sp³-hybridized carbons (Fsp3) is 0.250. The van der Waals surface area contributed by atoms with E-state index in [0.29, 0.717) is 11.6 Å². The summed E-state index contributed by atoms with van der Waals surface area (Å²) >= 11 is 5.76. The lowest BCUT2D eigenvalue weighted by molar-refractivity contribution is -0.139. The summed E-state index contributed by atoms with van der Waals surface area (Å²) in [5.74, 6) is -0.265. The summed E-state index contributed by atoms with van der Waals surface area (Å²) < 4.78 is 4.87. The van der Waals surface area contributed by atoms with Gasteiger partial charge in [-0.2, -0.15) is 0 Å². The zero-order chi connectivity index (χ0) is 11.3. The summed E-state index contributed by atoms with van der Waals surface area (Å²) in [5, 5.41) is 0.713. The van der Waals surface area contributed by atoms with E-state index in [1.807, 2.05) is 37.3 Å². The van der Waals surface area contributed by atoms with Crippen LogP contribution in [0.1, 0.15) is 19.4 Å². The number of carbonyl (C=O) groups excluding carboxylic acids is 1. The number of esters is 1. The molecule has 0 saturated heterocycles. The number of hydrogen-bond donors (Lipinski definition) is 0. The van der Waals surface area contributed by atoms with Gasteiger partial charge in [0.05, 0.1) is 0 Å². The Morgan fingerprint density at radius 1 is 1.33 bits per heavy atom. The van der Waals surface area contributed by atoms with Gasteiger partial charge in [0.2, 0.25) is 0 Å². The van der Waals surface area contributed by atoms with Gasteiger partial charge in [-0.3, -0.25) is 4.79 Å². The topological polar surface area (TPSA) is 26.3 Å². The molecule has 0 saturated carbocycles. The van der Waals surface area contributed by atoms with E-state index >= 15 is 0 Å². The summed E-state index contributed by atoms with van der Waals surface area (Å²) in [6.45, 7) is 3.64. The molecule has 0 fully saturated rings. The molecule has 80 valence electrons. The van der Waals surface area contributed by atoms with E-state index in [-0.39, 0.29) is 5.97 Å². The highest BCUT2D eigenvalue weighted by Gasteiger charge is 1.95. The van der Waals surface area contributed by atoms with E-state index in [2.05, 4.69) is 0 Å². The molecule has 0 atom stereocenters. The second-order valence-corrected chi connectivity index (χ2v) is 3.76. The van der Waals surface area contributed by atoms with Crippen molar-refractivity contribution < 1.29 is 9.53 Å². The highest BCUT2D eigenvalue weighted by Crippen LogP contribution is 2.12. The molecule has 0 N–H and O–H groups in total. The first-order valence-electron chi connectivity index (χ1n) is 4.64. The number of hydrogen-bond acceptors (Lipinski definition) is 2. The van der Waals surface area contributed by atoms with Crippen LogP contribution in [0.25, 0.3) is 6.08 Å². The van der Waals surface area contributed by atoms with Crippen LogP contribution in [-0.4, -0.2) is 12.6 Å². The molecule has 1 rings (SSSR count). The van der Waals surface area contributed by atoms with Gasteiger partial charge >= 0.3 is 5.97 Å². The summed E-state index contributed by atoms with van der Waals surface area (Å²) in [4.78, 5) is 10.6. The van der Waals surface area contributed by atoms with Gasteiger partial charge in [-0.15, -0.1) is 0 Å². The van der Waals surface area contributed by atoms with Gasteiger partial charge in [-0.25, -0.2) is 0 Å². The Labute approximate surface area is 94.5 Å². The Hall–Kier alpha value is -1.28. The summed E-state index contributed by atoms with van der Waals surface area (Å²) in [5.41, 5.74) is 2.04. The molecule has 0 aliphatic carbocycles. The van der Waals surface area contributed by atoms with Gasteiger partial charge in [0, 0.05) is 11.9 Å². The lowest BCUT2D eigenvalue weighted by Gasteiger charge is -2.02. The fourth-order valence-electron chi connectivity index (χ4n) is 1.10. The highest BCUT2D eigenvalue weighted by atomic mass is 35.5. The van der Waals surface area contributed by atoms with E-state index in [1.54, 1.807) is 0 Å². The number of halogens is 1. The number of ether oxygens (including phenoxy) is 1. The first-order chi connectivity index (χ1) is 7.08. The van der Waals surface area contributed by atoms with Crippen molar-refractivity contribution in [3.8, 4) is 0 Å². The quantitative estimate of drug-likeness (QED) is 0.737. The average molecular weight is 225 g/mol. The third kappa shape index (κ3) is 4.66.